The second-order valence-corrected chi connectivity index (χ2v) is 6.41. The standard InChI is InChI=1S/C21H23N/c1-16-15-20(18-11-7-5-8-12-18)17(2)22(16)21(3,4)19-13-9-6-10-14-19/h5-15H,1-4H3. The zero-order chi connectivity index (χ0) is 15.7. The highest BCUT2D eigenvalue weighted by Gasteiger charge is 2.26. The fraction of sp³-hybridized carbons (Fsp3) is 0.238. The van der Waals surface area contributed by atoms with Gasteiger partial charge < -0.3 is 4.57 Å². The second kappa shape index (κ2) is 5.49. The Morgan fingerprint density at radius 3 is 1.91 bits per heavy atom. The quantitative estimate of drug-likeness (QED) is 0.595. The number of aryl methyl sites for hydroxylation is 1. The summed E-state index contributed by atoms with van der Waals surface area (Å²) < 4.78 is 2.45. The normalized spacial score (nSPS) is 11.6. The summed E-state index contributed by atoms with van der Waals surface area (Å²) in [5.41, 5.74) is 6.48. The highest BCUT2D eigenvalue weighted by atomic mass is 15.1. The van der Waals surface area contributed by atoms with E-state index in [0.717, 1.165) is 0 Å². The molecule has 2 aromatic carbocycles. The average Bonchev–Trinajstić information content (AvgIpc) is 2.84. The highest BCUT2D eigenvalue weighted by Crippen LogP contribution is 2.34. The van der Waals surface area contributed by atoms with Crippen molar-refractivity contribution >= 4 is 0 Å². The van der Waals surface area contributed by atoms with Crippen LogP contribution in [0.1, 0.15) is 30.8 Å². The van der Waals surface area contributed by atoms with Gasteiger partial charge in [0.1, 0.15) is 0 Å². The average molecular weight is 289 g/mol. The van der Waals surface area contributed by atoms with Crippen molar-refractivity contribution in [1.82, 2.24) is 4.57 Å². The monoisotopic (exact) mass is 289 g/mol. The number of hydrogen-bond acceptors (Lipinski definition) is 0. The number of benzene rings is 2. The van der Waals surface area contributed by atoms with Crippen LogP contribution in [-0.2, 0) is 5.54 Å². The van der Waals surface area contributed by atoms with E-state index < -0.39 is 0 Å². The lowest BCUT2D eigenvalue weighted by atomic mass is 9.93. The van der Waals surface area contributed by atoms with Crippen molar-refractivity contribution < 1.29 is 0 Å². The molecule has 1 nitrogen and oxygen atoms in total. The molecule has 0 bridgehead atoms. The van der Waals surface area contributed by atoms with Crippen molar-refractivity contribution in [2.75, 3.05) is 0 Å². The lowest BCUT2D eigenvalue weighted by Crippen LogP contribution is -2.29. The van der Waals surface area contributed by atoms with Crippen LogP contribution in [0.3, 0.4) is 0 Å². The molecule has 1 heteroatoms. The smallest absolute Gasteiger partial charge is 0.0640 e. The first-order valence-electron chi connectivity index (χ1n) is 7.82. The largest absolute Gasteiger partial charge is 0.339 e. The number of hydrogen-bond donors (Lipinski definition) is 0. The van der Waals surface area contributed by atoms with Gasteiger partial charge in [-0.05, 0) is 44.9 Å². The molecule has 0 fully saturated rings. The first-order chi connectivity index (χ1) is 10.5. The fourth-order valence-corrected chi connectivity index (χ4v) is 3.51. The Kier molecular flexibility index (Phi) is 3.66. The maximum Gasteiger partial charge on any atom is 0.0640 e. The van der Waals surface area contributed by atoms with Gasteiger partial charge in [-0.3, -0.25) is 0 Å². The van der Waals surface area contributed by atoms with Crippen LogP contribution in [0.5, 0.6) is 0 Å². The molecule has 0 N–H and O–H groups in total. The van der Waals surface area contributed by atoms with Crippen molar-refractivity contribution in [3.63, 3.8) is 0 Å². The first-order valence-corrected chi connectivity index (χ1v) is 7.82. The summed E-state index contributed by atoms with van der Waals surface area (Å²) in [7, 11) is 0. The van der Waals surface area contributed by atoms with Gasteiger partial charge in [0.25, 0.3) is 0 Å². The summed E-state index contributed by atoms with van der Waals surface area (Å²) >= 11 is 0. The fourth-order valence-electron chi connectivity index (χ4n) is 3.51. The Morgan fingerprint density at radius 2 is 1.32 bits per heavy atom. The van der Waals surface area contributed by atoms with Crippen molar-refractivity contribution in [1.29, 1.82) is 0 Å². The van der Waals surface area contributed by atoms with Crippen LogP contribution < -0.4 is 0 Å². The maximum atomic E-state index is 2.45. The molecule has 0 aliphatic heterocycles. The molecule has 1 aromatic heterocycles. The summed E-state index contributed by atoms with van der Waals surface area (Å²) in [4.78, 5) is 0. The minimum Gasteiger partial charge on any atom is -0.339 e. The van der Waals surface area contributed by atoms with Crippen molar-refractivity contribution in [3.8, 4) is 11.1 Å². The van der Waals surface area contributed by atoms with Gasteiger partial charge in [0, 0.05) is 17.0 Å². The van der Waals surface area contributed by atoms with Crippen LogP contribution in [0.2, 0.25) is 0 Å². The van der Waals surface area contributed by atoms with Gasteiger partial charge in [0.05, 0.1) is 5.54 Å². The number of rotatable bonds is 3. The van der Waals surface area contributed by atoms with Crippen LogP contribution in [0, 0.1) is 13.8 Å². The van der Waals surface area contributed by atoms with Crippen LogP contribution in [0.25, 0.3) is 11.1 Å². The molecule has 3 rings (SSSR count). The Bertz CT molecular complexity index is 764. The summed E-state index contributed by atoms with van der Waals surface area (Å²) in [6, 6.07) is 23.7. The predicted octanol–water partition coefficient (Wildman–Crippen LogP) is 5.56. The number of nitrogens with zero attached hydrogens (tertiary/aromatic N) is 1. The molecule has 0 aliphatic carbocycles. The van der Waals surface area contributed by atoms with Crippen molar-refractivity contribution in [2.45, 2.75) is 33.2 Å². The Hall–Kier alpha value is -2.28. The van der Waals surface area contributed by atoms with Gasteiger partial charge in [-0.2, -0.15) is 0 Å². The molecule has 1 heterocycles. The van der Waals surface area contributed by atoms with E-state index in [2.05, 4.69) is 99.0 Å². The molecule has 0 radical (unpaired) electrons. The van der Waals surface area contributed by atoms with Crippen molar-refractivity contribution in [3.05, 3.63) is 83.7 Å². The Morgan fingerprint density at radius 1 is 0.773 bits per heavy atom. The molecule has 0 spiro atoms. The molecule has 112 valence electrons. The molecule has 0 unspecified atom stereocenters. The minimum absolute atomic E-state index is 0.0670. The molecule has 0 amide bonds. The SMILES string of the molecule is Cc1cc(-c2ccccc2)c(C)n1C(C)(C)c1ccccc1. The van der Waals surface area contributed by atoms with E-state index in [0.29, 0.717) is 0 Å². The Labute approximate surface area is 133 Å². The maximum absolute atomic E-state index is 2.45. The van der Waals surface area contributed by atoms with Crippen LogP contribution in [0.4, 0.5) is 0 Å². The molecule has 0 saturated carbocycles. The number of aromatic nitrogens is 1. The molecule has 0 saturated heterocycles. The van der Waals surface area contributed by atoms with Gasteiger partial charge in [-0.15, -0.1) is 0 Å². The third kappa shape index (κ3) is 2.37. The minimum atomic E-state index is -0.0670. The summed E-state index contributed by atoms with van der Waals surface area (Å²) in [5, 5.41) is 0. The van der Waals surface area contributed by atoms with Crippen LogP contribution in [0.15, 0.2) is 66.7 Å². The van der Waals surface area contributed by atoms with Crippen molar-refractivity contribution in [2.24, 2.45) is 0 Å². The van der Waals surface area contributed by atoms with E-state index in [-0.39, 0.29) is 5.54 Å². The van der Waals surface area contributed by atoms with Crippen LogP contribution in [-0.4, -0.2) is 4.57 Å². The highest BCUT2D eigenvalue weighted by molar-refractivity contribution is 5.67. The van der Waals surface area contributed by atoms with E-state index in [9.17, 15) is 0 Å². The second-order valence-electron chi connectivity index (χ2n) is 6.41. The van der Waals surface area contributed by atoms with E-state index in [1.54, 1.807) is 0 Å². The summed E-state index contributed by atoms with van der Waals surface area (Å²) in [6.07, 6.45) is 0. The zero-order valence-electron chi connectivity index (χ0n) is 13.8. The molecule has 0 aliphatic rings. The van der Waals surface area contributed by atoms with E-state index >= 15 is 0 Å². The first kappa shape index (κ1) is 14.6. The summed E-state index contributed by atoms with van der Waals surface area (Å²) in [6.45, 7) is 9.00. The molecular weight excluding hydrogens is 266 g/mol. The summed E-state index contributed by atoms with van der Waals surface area (Å²) in [5.74, 6) is 0. The van der Waals surface area contributed by atoms with Gasteiger partial charge >= 0.3 is 0 Å². The van der Waals surface area contributed by atoms with E-state index in [1.807, 2.05) is 0 Å². The Balaban J connectivity index is 2.15. The zero-order valence-corrected chi connectivity index (χ0v) is 13.8. The molecule has 3 aromatic rings. The molecule has 0 atom stereocenters. The van der Waals surface area contributed by atoms with E-state index in [4.69, 9.17) is 0 Å². The van der Waals surface area contributed by atoms with E-state index in [1.165, 1.54) is 28.1 Å². The molecular formula is C21H23N. The van der Waals surface area contributed by atoms with Crippen LogP contribution >= 0.6 is 0 Å². The predicted molar refractivity (Wildman–Crippen MR) is 94.2 cm³/mol. The lowest BCUT2D eigenvalue weighted by molar-refractivity contribution is 0.421. The van der Waals surface area contributed by atoms with Gasteiger partial charge in [-0.25, -0.2) is 0 Å². The third-order valence-electron chi connectivity index (χ3n) is 4.56. The topological polar surface area (TPSA) is 4.93 Å². The van der Waals surface area contributed by atoms with Gasteiger partial charge in [0.2, 0.25) is 0 Å². The lowest BCUT2D eigenvalue weighted by Gasteiger charge is -2.31. The third-order valence-corrected chi connectivity index (χ3v) is 4.56. The van der Waals surface area contributed by atoms with Gasteiger partial charge in [-0.1, -0.05) is 60.7 Å². The molecule has 22 heavy (non-hydrogen) atoms. The van der Waals surface area contributed by atoms with Gasteiger partial charge in [0.15, 0.2) is 0 Å².